The van der Waals surface area contributed by atoms with Crippen molar-refractivity contribution in [2.24, 2.45) is 7.05 Å². The molecule has 1 rings (SSSR count). The fraction of sp³-hybridized carbons (Fsp3) is 0.400. The first kappa shape index (κ1) is 11.3. The fourth-order valence-electron chi connectivity index (χ4n) is 1.33. The van der Waals surface area contributed by atoms with Crippen LogP contribution in [0.3, 0.4) is 0 Å². The zero-order valence-corrected chi connectivity index (χ0v) is 8.69. The number of carboxylic acids is 1. The number of aryl methyl sites for hydroxylation is 1. The number of hydrogen-bond donors (Lipinski definition) is 1. The van der Waals surface area contributed by atoms with E-state index in [4.69, 9.17) is 9.84 Å². The molecule has 0 spiro atoms. The van der Waals surface area contributed by atoms with E-state index in [1.54, 1.807) is 24.7 Å². The number of carbonyl (C=O) groups is 2. The van der Waals surface area contributed by atoms with Gasteiger partial charge in [0.1, 0.15) is 0 Å². The normalized spacial score (nSPS) is 10.0. The highest BCUT2D eigenvalue weighted by Crippen LogP contribution is 2.11. The van der Waals surface area contributed by atoms with E-state index in [-0.39, 0.29) is 12.0 Å². The molecule has 0 unspecified atom stereocenters. The molecule has 0 amide bonds. The molecule has 1 N–H and O–H groups in total. The highest BCUT2D eigenvalue weighted by Gasteiger charge is 2.16. The Labute approximate surface area is 87.3 Å². The van der Waals surface area contributed by atoms with Crippen molar-refractivity contribution in [3.8, 4) is 0 Å². The number of hydrogen-bond acceptors (Lipinski definition) is 3. The zero-order valence-electron chi connectivity index (χ0n) is 8.69. The molecule has 0 aromatic carbocycles. The van der Waals surface area contributed by atoms with Gasteiger partial charge in [0.25, 0.3) is 0 Å². The molecular formula is C10H13NO4. The summed E-state index contributed by atoms with van der Waals surface area (Å²) in [5.41, 5.74) is 0.603. The van der Waals surface area contributed by atoms with Crippen molar-refractivity contribution in [3.63, 3.8) is 0 Å². The standard InChI is InChI=1S/C10H13NO4/c1-3-15-9(12)6-8-7(10(13)14)4-5-11(8)2/h4-5H,3,6H2,1-2H3,(H,13,14). The molecule has 0 atom stereocenters. The van der Waals surface area contributed by atoms with Gasteiger partial charge in [-0.2, -0.15) is 0 Å². The molecule has 0 fully saturated rings. The maximum absolute atomic E-state index is 11.2. The molecule has 15 heavy (non-hydrogen) atoms. The minimum atomic E-state index is -1.03. The lowest BCUT2D eigenvalue weighted by molar-refractivity contribution is -0.142. The Kier molecular flexibility index (Phi) is 3.49. The smallest absolute Gasteiger partial charge is 0.337 e. The Balaban J connectivity index is 2.88. The highest BCUT2D eigenvalue weighted by atomic mass is 16.5. The van der Waals surface area contributed by atoms with Crippen LogP contribution in [0.1, 0.15) is 23.0 Å². The number of rotatable bonds is 4. The van der Waals surface area contributed by atoms with Gasteiger partial charge in [-0.15, -0.1) is 0 Å². The quantitative estimate of drug-likeness (QED) is 0.749. The molecule has 0 radical (unpaired) electrons. The topological polar surface area (TPSA) is 68.5 Å². The van der Waals surface area contributed by atoms with E-state index < -0.39 is 11.9 Å². The van der Waals surface area contributed by atoms with E-state index in [1.807, 2.05) is 0 Å². The van der Waals surface area contributed by atoms with Crippen molar-refractivity contribution in [1.29, 1.82) is 0 Å². The summed E-state index contributed by atoms with van der Waals surface area (Å²) in [6.45, 7) is 2.01. The summed E-state index contributed by atoms with van der Waals surface area (Å²) < 4.78 is 6.37. The third-order valence-electron chi connectivity index (χ3n) is 2.05. The number of carbonyl (C=O) groups excluding carboxylic acids is 1. The number of nitrogens with zero attached hydrogens (tertiary/aromatic N) is 1. The molecule has 0 bridgehead atoms. The van der Waals surface area contributed by atoms with Crippen molar-refractivity contribution in [3.05, 3.63) is 23.5 Å². The van der Waals surface area contributed by atoms with Gasteiger partial charge in [0.2, 0.25) is 0 Å². The number of esters is 1. The van der Waals surface area contributed by atoms with E-state index in [1.165, 1.54) is 6.07 Å². The molecule has 0 aliphatic heterocycles. The molecule has 82 valence electrons. The monoisotopic (exact) mass is 211 g/mol. The molecule has 5 nitrogen and oxygen atoms in total. The second-order valence-electron chi connectivity index (χ2n) is 3.07. The van der Waals surface area contributed by atoms with Crippen LogP contribution in [0.15, 0.2) is 12.3 Å². The van der Waals surface area contributed by atoms with Gasteiger partial charge in [0, 0.05) is 18.9 Å². The lowest BCUT2D eigenvalue weighted by Gasteiger charge is -2.04. The van der Waals surface area contributed by atoms with Crippen molar-refractivity contribution in [1.82, 2.24) is 4.57 Å². The summed E-state index contributed by atoms with van der Waals surface area (Å²) in [5.74, 6) is -1.45. The van der Waals surface area contributed by atoms with E-state index in [0.29, 0.717) is 12.3 Å². The maximum Gasteiger partial charge on any atom is 0.337 e. The molecule has 1 aromatic heterocycles. The third kappa shape index (κ3) is 2.59. The first-order valence-corrected chi connectivity index (χ1v) is 4.59. The lowest BCUT2D eigenvalue weighted by atomic mass is 10.2. The van der Waals surface area contributed by atoms with Gasteiger partial charge in [-0.25, -0.2) is 4.79 Å². The summed E-state index contributed by atoms with van der Waals surface area (Å²) in [4.78, 5) is 22.0. The SMILES string of the molecule is CCOC(=O)Cc1c(C(=O)O)ccn1C. The molecular weight excluding hydrogens is 198 g/mol. The Hall–Kier alpha value is -1.78. The molecule has 1 aromatic rings. The fourth-order valence-corrected chi connectivity index (χ4v) is 1.33. The molecule has 0 saturated carbocycles. The first-order chi connectivity index (χ1) is 7.06. The van der Waals surface area contributed by atoms with Crippen molar-refractivity contribution in [2.75, 3.05) is 6.61 Å². The zero-order chi connectivity index (χ0) is 11.4. The van der Waals surface area contributed by atoms with Crippen molar-refractivity contribution in [2.45, 2.75) is 13.3 Å². The van der Waals surface area contributed by atoms with Gasteiger partial charge < -0.3 is 14.4 Å². The number of carboxylic acid groups (broad SMARTS) is 1. The average molecular weight is 211 g/mol. The largest absolute Gasteiger partial charge is 0.478 e. The Morgan fingerprint density at radius 2 is 2.20 bits per heavy atom. The van der Waals surface area contributed by atoms with E-state index in [2.05, 4.69) is 0 Å². The number of ether oxygens (including phenoxy) is 1. The van der Waals surface area contributed by atoms with Crippen LogP contribution >= 0.6 is 0 Å². The number of aromatic nitrogens is 1. The first-order valence-electron chi connectivity index (χ1n) is 4.59. The van der Waals surface area contributed by atoms with Crippen LogP contribution in [0, 0.1) is 0 Å². The summed E-state index contributed by atoms with van der Waals surface area (Å²) >= 11 is 0. The van der Waals surface area contributed by atoms with Crippen LogP contribution in [0.4, 0.5) is 0 Å². The van der Waals surface area contributed by atoms with Gasteiger partial charge in [-0.3, -0.25) is 4.79 Å². The molecule has 0 aliphatic carbocycles. The predicted octanol–water partition coefficient (Wildman–Crippen LogP) is 0.829. The van der Waals surface area contributed by atoms with Crippen LogP contribution in [-0.2, 0) is 23.0 Å². The van der Waals surface area contributed by atoms with Crippen LogP contribution in [0.5, 0.6) is 0 Å². The second kappa shape index (κ2) is 4.63. The summed E-state index contributed by atoms with van der Waals surface area (Å²) in [5, 5.41) is 8.86. The Bertz CT molecular complexity index is 381. The van der Waals surface area contributed by atoms with Gasteiger partial charge in [-0.1, -0.05) is 0 Å². The third-order valence-corrected chi connectivity index (χ3v) is 2.05. The van der Waals surface area contributed by atoms with Crippen LogP contribution in [-0.4, -0.2) is 28.2 Å². The summed E-state index contributed by atoms with van der Waals surface area (Å²) in [7, 11) is 1.70. The van der Waals surface area contributed by atoms with E-state index in [9.17, 15) is 9.59 Å². The van der Waals surface area contributed by atoms with Gasteiger partial charge in [0.05, 0.1) is 18.6 Å². The van der Waals surface area contributed by atoms with Crippen molar-refractivity contribution < 1.29 is 19.4 Å². The maximum atomic E-state index is 11.2. The lowest BCUT2D eigenvalue weighted by Crippen LogP contribution is -2.13. The molecule has 0 aliphatic rings. The predicted molar refractivity (Wildman–Crippen MR) is 52.7 cm³/mol. The minimum absolute atomic E-state index is 0.0149. The molecule has 5 heteroatoms. The molecule has 0 saturated heterocycles. The van der Waals surface area contributed by atoms with Crippen LogP contribution in [0.25, 0.3) is 0 Å². The van der Waals surface area contributed by atoms with Gasteiger partial charge in [0.15, 0.2) is 0 Å². The average Bonchev–Trinajstić information content (AvgIpc) is 2.48. The highest BCUT2D eigenvalue weighted by molar-refractivity contribution is 5.90. The summed E-state index contributed by atoms with van der Waals surface area (Å²) in [6.07, 6.45) is 1.59. The molecule has 1 heterocycles. The Morgan fingerprint density at radius 1 is 1.53 bits per heavy atom. The summed E-state index contributed by atoms with van der Waals surface area (Å²) in [6, 6.07) is 1.47. The van der Waals surface area contributed by atoms with Crippen LogP contribution in [0.2, 0.25) is 0 Å². The van der Waals surface area contributed by atoms with Crippen LogP contribution < -0.4 is 0 Å². The van der Waals surface area contributed by atoms with Gasteiger partial charge in [-0.05, 0) is 13.0 Å². The van der Waals surface area contributed by atoms with Gasteiger partial charge >= 0.3 is 11.9 Å². The van der Waals surface area contributed by atoms with E-state index >= 15 is 0 Å². The van der Waals surface area contributed by atoms with E-state index in [0.717, 1.165) is 0 Å². The second-order valence-corrected chi connectivity index (χ2v) is 3.07. The minimum Gasteiger partial charge on any atom is -0.478 e. The Morgan fingerprint density at radius 3 is 2.73 bits per heavy atom. The number of aromatic carboxylic acids is 1. The van der Waals surface area contributed by atoms with Crippen molar-refractivity contribution >= 4 is 11.9 Å².